The van der Waals surface area contributed by atoms with Crippen LogP contribution >= 0.6 is 0 Å². The topological polar surface area (TPSA) is 78.9 Å². The number of carbonyl (C=O) groups excluding carboxylic acids is 3. The summed E-state index contributed by atoms with van der Waals surface area (Å²) >= 11 is 0. The van der Waals surface area contributed by atoms with E-state index >= 15 is 0 Å². The Morgan fingerprint density at radius 3 is 1.10 bits per heavy atom. The molecule has 0 aromatic carbocycles. The van der Waals surface area contributed by atoms with E-state index in [4.69, 9.17) is 14.2 Å². The summed E-state index contributed by atoms with van der Waals surface area (Å²) < 4.78 is 16.8. The van der Waals surface area contributed by atoms with Crippen LogP contribution in [0, 0.1) is 0 Å². The lowest BCUT2D eigenvalue weighted by Crippen LogP contribution is -2.30. The second kappa shape index (κ2) is 48.0. The van der Waals surface area contributed by atoms with Crippen LogP contribution in [-0.2, 0) is 28.6 Å². The van der Waals surface area contributed by atoms with Gasteiger partial charge in [0.2, 0.25) is 0 Å². The van der Waals surface area contributed by atoms with E-state index in [1.165, 1.54) is 122 Å². The molecule has 0 aliphatic heterocycles. The van der Waals surface area contributed by atoms with Gasteiger partial charge < -0.3 is 14.2 Å². The molecule has 0 rings (SSSR count). The molecule has 0 aliphatic carbocycles. The maximum atomic E-state index is 12.8. The predicted octanol–water partition coefficient (Wildman–Crippen LogP) is 16.3. The van der Waals surface area contributed by atoms with E-state index in [9.17, 15) is 14.4 Å². The molecular formula is C53H94O6. The number of unbranched alkanes of at least 4 members (excludes halogenated alkanes) is 26. The second-order valence-electron chi connectivity index (χ2n) is 16.7. The van der Waals surface area contributed by atoms with Crippen molar-refractivity contribution < 1.29 is 28.6 Å². The van der Waals surface area contributed by atoms with Crippen molar-refractivity contribution in [2.75, 3.05) is 13.2 Å². The number of hydrogen-bond donors (Lipinski definition) is 0. The predicted molar refractivity (Wildman–Crippen MR) is 252 cm³/mol. The largest absolute Gasteiger partial charge is 0.462 e. The van der Waals surface area contributed by atoms with Gasteiger partial charge in [-0.3, -0.25) is 14.4 Å². The minimum absolute atomic E-state index is 0.0788. The van der Waals surface area contributed by atoms with Gasteiger partial charge in [-0.1, -0.05) is 211 Å². The Bertz CT molecular complexity index is 1040. The van der Waals surface area contributed by atoms with Gasteiger partial charge in [-0.15, -0.1) is 0 Å². The number of allylic oxidation sites excluding steroid dienone is 8. The monoisotopic (exact) mass is 827 g/mol. The van der Waals surface area contributed by atoms with E-state index in [0.29, 0.717) is 19.3 Å². The Balaban J connectivity index is 4.36. The van der Waals surface area contributed by atoms with Crippen molar-refractivity contribution in [2.24, 2.45) is 0 Å². The molecule has 0 bridgehead atoms. The lowest BCUT2D eigenvalue weighted by molar-refractivity contribution is -0.167. The van der Waals surface area contributed by atoms with E-state index in [1.54, 1.807) is 0 Å². The molecule has 0 aliphatic rings. The minimum Gasteiger partial charge on any atom is -0.462 e. The first-order valence-corrected chi connectivity index (χ1v) is 25.1. The molecule has 0 aromatic heterocycles. The first-order chi connectivity index (χ1) is 29.0. The molecule has 1 atom stereocenters. The summed E-state index contributed by atoms with van der Waals surface area (Å²) in [5.74, 6) is -0.892. The Labute approximate surface area is 365 Å². The fourth-order valence-corrected chi connectivity index (χ4v) is 7.03. The zero-order chi connectivity index (χ0) is 43.0. The van der Waals surface area contributed by atoms with Gasteiger partial charge in [0.25, 0.3) is 0 Å². The van der Waals surface area contributed by atoms with Gasteiger partial charge in [0.1, 0.15) is 13.2 Å². The van der Waals surface area contributed by atoms with Gasteiger partial charge in [0.05, 0.1) is 0 Å². The van der Waals surface area contributed by atoms with Crippen molar-refractivity contribution in [1.29, 1.82) is 0 Å². The normalized spacial score (nSPS) is 12.4. The van der Waals surface area contributed by atoms with Crippen molar-refractivity contribution in [1.82, 2.24) is 0 Å². The van der Waals surface area contributed by atoms with Crippen molar-refractivity contribution in [3.05, 3.63) is 48.6 Å². The zero-order valence-corrected chi connectivity index (χ0v) is 39.0. The van der Waals surface area contributed by atoms with Crippen LogP contribution in [0.2, 0.25) is 0 Å². The first kappa shape index (κ1) is 56.4. The van der Waals surface area contributed by atoms with Crippen LogP contribution in [0.15, 0.2) is 48.6 Å². The second-order valence-corrected chi connectivity index (χ2v) is 16.7. The molecule has 0 heterocycles. The van der Waals surface area contributed by atoms with Crippen molar-refractivity contribution in [3.63, 3.8) is 0 Å². The molecule has 342 valence electrons. The van der Waals surface area contributed by atoms with E-state index in [1.807, 2.05) is 0 Å². The summed E-state index contributed by atoms with van der Waals surface area (Å²) in [5.41, 5.74) is 0. The third-order valence-electron chi connectivity index (χ3n) is 10.8. The minimum atomic E-state index is -0.776. The zero-order valence-electron chi connectivity index (χ0n) is 39.0. The molecule has 1 unspecified atom stereocenters. The van der Waals surface area contributed by atoms with E-state index in [2.05, 4.69) is 69.4 Å². The molecule has 0 saturated carbocycles. The summed E-state index contributed by atoms with van der Waals surface area (Å²) in [6.45, 7) is 6.48. The number of carbonyl (C=O) groups is 3. The summed E-state index contributed by atoms with van der Waals surface area (Å²) in [6.07, 6.45) is 56.6. The average Bonchev–Trinajstić information content (AvgIpc) is 3.23. The van der Waals surface area contributed by atoms with Gasteiger partial charge in [-0.05, 0) is 70.6 Å². The Morgan fingerprint density at radius 1 is 0.356 bits per heavy atom. The van der Waals surface area contributed by atoms with Gasteiger partial charge in [0.15, 0.2) is 6.10 Å². The maximum absolute atomic E-state index is 12.8. The lowest BCUT2D eigenvalue weighted by Gasteiger charge is -2.18. The highest BCUT2D eigenvalue weighted by atomic mass is 16.6. The number of rotatable bonds is 45. The van der Waals surface area contributed by atoms with E-state index in [-0.39, 0.29) is 31.1 Å². The van der Waals surface area contributed by atoms with Crippen LogP contribution in [0.4, 0.5) is 0 Å². The molecule has 0 saturated heterocycles. The van der Waals surface area contributed by atoms with Crippen LogP contribution < -0.4 is 0 Å². The van der Waals surface area contributed by atoms with Crippen molar-refractivity contribution in [3.8, 4) is 0 Å². The molecule has 0 fully saturated rings. The molecule has 0 N–H and O–H groups in total. The summed E-state index contributed by atoms with van der Waals surface area (Å²) in [4.78, 5) is 37.9. The van der Waals surface area contributed by atoms with Crippen LogP contribution in [-0.4, -0.2) is 37.2 Å². The van der Waals surface area contributed by atoms with Crippen molar-refractivity contribution in [2.45, 2.75) is 258 Å². The standard InChI is InChI=1S/C53H94O6/c1-4-7-10-13-16-19-22-24-25-26-27-29-31-34-37-40-43-46-52(55)58-49-50(48-57-51(54)45-42-39-36-33-30-21-18-15-12-9-6-3)59-53(56)47-44-41-38-35-32-28-23-20-17-14-11-8-5-2/h7,10,15-16,18-19,24-25,50H,4-6,8-9,11-14,17,20-23,26-49H2,1-3H3/b10-7-,18-15-,19-16-,25-24-. The number of esters is 3. The SMILES string of the molecule is CC/C=C\C/C=C\C/C=C\CCCCCCCCCC(=O)OCC(COC(=O)CCCCCCC/C=C\CCCC)OC(=O)CCCCCCCCCCCCCCC. The highest BCUT2D eigenvalue weighted by Gasteiger charge is 2.19. The molecule has 0 amide bonds. The van der Waals surface area contributed by atoms with Crippen LogP contribution in [0.1, 0.15) is 252 Å². The third-order valence-corrected chi connectivity index (χ3v) is 10.8. The molecular weight excluding hydrogens is 733 g/mol. The molecule has 59 heavy (non-hydrogen) atoms. The molecule has 6 nitrogen and oxygen atoms in total. The van der Waals surface area contributed by atoms with Gasteiger partial charge in [0, 0.05) is 19.3 Å². The Hall–Kier alpha value is -2.63. The van der Waals surface area contributed by atoms with E-state index in [0.717, 1.165) is 89.9 Å². The van der Waals surface area contributed by atoms with Gasteiger partial charge >= 0.3 is 17.9 Å². The highest BCUT2D eigenvalue weighted by molar-refractivity contribution is 5.71. The van der Waals surface area contributed by atoms with Gasteiger partial charge in [-0.2, -0.15) is 0 Å². The Kier molecular flexibility index (Phi) is 45.9. The average molecular weight is 827 g/mol. The van der Waals surface area contributed by atoms with Gasteiger partial charge in [-0.25, -0.2) is 0 Å². The Morgan fingerprint density at radius 2 is 0.678 bits per heavy atom. The van der Waals surface area contributed by atoms with E-state index < -0.39 is 6.10 Å². The highest BCUT2D eigenvalue weighted by Crippen LogP contribution is 2.15. The summed E-state index contributed by atoms with van der Waals surface area (Å²) in [6, 6.07) is 0. The summed E-state index contributed by atoms with van der Waals surface area (Å²) in [5, 5.41) is 0. The maximum Gasteiger partial charge on any atom is 0.306 e. The van der Waals surface area contributed by atoms with Crippen LogP contribution in [0.3, 0.4) is 0 Å². The molecule has 0 spiro atoms. The first-order valence-electron chi connectivity index (χ1n) is 25.1. The number of ether oxygens (including phenoxy) is 3. The number of hydrogen-bond acceptors (Lipinski definition) is 6. The smallest absolute Gasteiger partial charge is 0.306 e. The van der Waals surface area contributed by atoms with Crippen LogP contribution in [0.5, 0.6) is 0 Å². The third kappa shape index (κ3) is 46.3. The summed E-state index contributed by atoms with van der Waals surface area (Å²) in [7, 11) is 0. The molecule has 0 radical (unpaired) electrons. The fourth-order valence-electron chi connectivity index (χ4n) is 7.03. The quantitative estimate of drug-likeness (QED) is 0.0263. The van der Waals surface area contributed by atoms with Crippen LogP contribution in [0.25, 0.3) is 0 Å². The molecule has 6 heteroatoms. The fraction of sp³-hybridized carbons (Fsp3) is 0.792. The lowest BCUT2D eigenvalue weighted by atomic mass is 10.0. The molecule has 0 aromatic rings. The van der Waals surface area contributed by atoms with Crippen molar-refractivity contribution >= 4 is 17.9 Å².